The lowest BCUT2D eigenvalue weighted by molar-refractivity contribution is -0.138. The monoisotopic (exact) mass is 290 g/mol. The van der Waals surface area contributed by atoms with Crippen molar-refractivity contribution in [3.05, 3.63) is 24.3 Å². The van der Waals surface area contributed by atoms with Gasteiger partial charge in [0.1, 0.15) is 6.10 Å². The SMILES string of the molecule is CC(O)C(=O)N1CC2CCNC(C3C=CC=CC3C)[C@@H]2C1. The van der Waals surface area contributed by atoms with E-state index in [0.29, 0.717) is 29.7 Å². The molecular weight excluding hydrogens is 264 g/mol. The number of hydrogen-bond donors (Lipinski definition) is 2. The first-order valence-electron chi connectivity index (χ1n) is 8.13. The van der Waals surface area contributed by atoms with Gasteiger partial charge in [0, 0.05) is 19.1 Å². The van der Waals surface area contributed by atoms with Crippen LogP contribution in [0, 0.1) is 23.7 Å². The number of aliphatic hydroxyl groups is 1. The summed E-state index contributed by atoms with van der Waals surface area (Å²) in [7, 11) is 0. The molecule has 0 aromatic rings. The Hall–Kier alpha value is -1.13. The van der Waals surface area contributed by atoms with Crippen LogP contribution in [-0.4, -0.2) is 47.7 Å². The second-order valence-corrected chi connectivity index (χ2v) is 6.82. The summed E-state index contributed by atoms with van der Waals surface area (Å²) in [5, 5.41) is 13.2. The van der Waals surface area contributed by atoms with E-state index in [1.807, 2.05) is 4.90 Å². The van der Waals surface area contributed by atoms with Gasteiger partial charge < -0.3 is 15.3 Å². The molecule has 21 heavy (non-hydrogen) atoms. The van der Waals surface area contributed by atoms with Gasteiger partial charge in [-0.3, -0.25) is 4.79 Å². The molecule has 116 valence electrons. The Balaban J connectivity index is 1.74. The predicted molar refractivity (Wildman–Crippen MR) is 82.6 cm³/mol. The summed E-state index contributed by atoms with van der Waals surface area (Å²) >= 11 is 0. The van der Waals surface area contributed by atoms with Crippen LogP contribution in [0.1, 0.15) is 20.3 Å². The van der Waals surface area contributed by atoms with Gasteiger partial charge in [-0.25, -0.2) is 0 Å². The summed E-state index contributed by atoms with van der Waals surface area (Å²) in [5.74, 6) is 2.00. The van der Waals surface area contributed by atoms with Gasteiger partial charge in [0.25, 0.3) is 5.91 Å². The maximum atomic E-state index is 12.1. The molecule has 5 unspecified atom stereocenters. The third-order valence-corrected chi connectivity index (χ3v) is 5.40. The first-order chi connectivity index (χ1) is 10.1. The first kappa shape index (κ1) is 14.8. The molecule has 2 fully saturated rings. The number of likely N-dealkylation sites (tertiary alicyclic amines) is 1. The highest BCUT2D eigenvalue weighted by atomic mass is 16.3. The number of amides is 1. The average Bonchev–Trinajstić information content (AvgIpc) is 2.90. The molecule has 4 heteroatoms. The van der Waals surface area contributed by atoms with Gasteiger partial charge in [-0.15, -0.1) is 0 Å². The van der Waals surface area contributed by atoms with Gasteiger partial charge in [-0.2, -0.15) is 0 Å². The van der Waals surface area contributed by atoms with E-state index in [0.717, 1.165) is 26.1 Å². The summed E-state index contributed by atoms with van der Waals surface area (Å²) < 4.78 is 0. The van der Waals surface area contributed by atoms with E-state index in [1.165, 1.54) is 0 Å². The minimum absolute atomic E-state index is 0.115. The Morgan fingerprint density at radius 1 is 1.33 bits per heavy atom. The highest BCUT2D eigenvalue weighted by Gasteiger charge is 2.45. The summed E-state index contributed by atoms with van der Waals surface area (Å²) in [6, 6.07) is 0.437. The van der Waals surface area contributed by atoms with Crippen LogP contribution < -0.4 is 5.32 Å². The number of nitrogens with one attached hydrogen (secondary N) is 1. The number of rotatable bonds is 2. The lowest BCUT2D eigenvalue weighted by Gasteiger charge is -2.40. The fourth-order valence-electron chi connectivity index (χ4n) is 4.24. The second-order valence-electron chi connectivity index (χ2n) is 6.82. The Labute approximate surface area is 126 Å². The molecule has 2 aliphatic heterocycles. The molecular formula is C17H26N2O2. The van der Waals surface area contributed by atoms with Crippen LogP contribution in [0.2, 0.25) is 0 Å². The topological polar surface area (TPSA) is 52.6 Å². The van der Waals surface area contributed by atoms with Crippen molar-refractivity contribution in [3.8, 4) is 0 Å². The fraction of sp³-hybridized carbons (Fsp3) is 0.706. The van der Waals surface area contributed by atoms with Crippen molar-refractivity contribution in [1.82, 2.24) is 10.2 Å². The molecule has 0 aromatic carbocycles. The van der Waals surface area contributed by atoms with Crippen molar-refractivity contribution in [1.29, 1.82) is 0 Å². The predicted octanol–water partition coefficient (Wildman–Crippen LogP) is 1.18. The fourth-order valence-corrected chi connectivity index (χ4v) is 4.24. The van der Waals surface area contributed by atoms with E-state index in [-0.39, 0.29) is 5.91 Å². The number of allylic oxidation sites excluding steroid dienone is 3. The third-order valence-electron chi connectivity index (χ3n) is 5.40. The smallest absolute Gasteiger partial charge is 0.251 e. The molecule has 6 atom stereocenters. The van der Waals surface area contributed by atoms with Crippen molar-refractivity contribution in [2.24, 2.45) is 23.7 Å². The Bertz CT molecular complexity index is 458. The molecule has 0 aromatic heterocycles. The van der Waals surface area contributed by atoms with Crippen LogP contribution in [0.5, 0.6) is 0 Å². The van der Waals surface area contributed by atoms with E-state index >= 15 is 0 Å². The van der Waals surface area contributed by atoms with E-state index in [1.54, 1.807) is 6.92 Å². The molecule has 2 heterocycles. The number of carbonyl (C=O) groups is 1. The maximum Gasteiger partial charge on any atom is 0.251 e. The summed E-state index contributed by atoms with van der Waals surface area (Å²) in [6.07, 6.45) is 9.09. The molecule has 0 saturated carbocycles. The summed E-state index contributed by atoms with van der Waals surface area (Å²) in [6.45, 7) is 6.46. The minimum Gasteiger partial charge on any atom is -0.384 e. The Morgan fingerprint density at radius 3 is 2.81 bits per heavy atom. The number of nitrogens with zero attached hydrogens (tertiary/aromatic N) is 1. The lowest BCUT2D eigenvalue weighted by Crippen LogP contribution is -2.51. The number of piperidine rings is 1. The molecule has 2 saturated heterocycles. The second kappa shape index (κ2) is 5.93. The standard InChI is InChI=1S/C17H26N2O2/c1-11-5-3-4-6-14(11)16-15-10-19(17(21)12(2)20)9-13(15)7-8-18-16/h3-6,11-16,18,20H,7-10H2,1-2H3/t11?,12?,13?,14?,15-,16?/m1/s1. The van der Waals surface area contributed by atoms with Crippen molar-refractivity contribution >= 4 is 5.91 Å². The van der Waals surface area contributed by atoms with Crippen LogP contribution >= 0.6 is 0 Å². The summed E-state index contributed by atoms with van der Waals surface area (Å²) in [5.41, 5.74) is 0. The molecule has 4 nitrogen and oxygen atoms in total. The van der Waals surface area contributed by atoms with Gasteiger partial charge in [-0.05, 0) is 43.6 Å². The van der Waals surface area contributed by atoms with E-state index in [2.05, 4.69) is 36.5 Å². The highest BCUT2D eigenvalue weighted by Crippen LogP contribution is 2.38. The largest absolute Gasteiger partial charge is 0.384 e. The zero-order valence-electron chi connectivity index (χ0n) is 12.9. The van der Waals surface area contributed by atoms with Crippen LogP contribution in [0.4, 0.5) is 0 Å². The lowest BCUT2D eigenvalue weighted by atomic mass is 9.73. The number of fused-ring (bicyclic) bond motifs is 1. The van der Waals surface area contributed by atoms with Crippen molar-refractivity contribution in [2.45, 2.75) is 32.4 Å². The average molecular weight is 290 g/mol. The van der Waals surface area contributed by atoms with E-state index in [9.17, 15) is 9.90 Å². The van der Waals surface area contributed by atoms with Crippen molar-refractivity contribution in [3.63, 3.8) is 0 Å². The van der Waals surface area contributed by atoms with E-state index < -0.39 is 6.10 Å². The molecule has 3 rings (SSSR count). The maximum absolute atomic E-state index is 12.1. The molecule has 0 radical (unpaired) electrons. The van der Waals surface area contributed by atoms with Crippen molar-refractivity contribution < 1.29 is 9.90 Å². The minimum atomic E-state index is -0.881. The number of carbonyl (C=O) groups excluding carboxylic acids is 1. The highest BCUT2D eigenvalue weighted by molar-refractivity contribution is 5.80. The van der Waals surface area contributed by atoms with Crippen LogP contribution in [0.3, 0.4) is 0 Å². The molecule has 1 amide bonds. The van der Waals surface area contributed by atoms with Gasteiger partial charge in [0.2, 0.25) is 0 Å². The molecule has 2 N–H and O–H groups in total. The quantitative estimate of drug-likeness (QED) is 0.803. The van der Waals surface area contributed by atoms with Gasteiger partial charge in [-0.1, -0.05) is 31.2 Å². The van der Waals surface area contributed by atoms with Gasteiger partial charge >= 0.3 is 0 Å². The number of aliphatic hydroxyl groups excluding tert-OH is 1. The first-order valence-corrected chi connectivity index (χ1v) is 8.13. The Kier molecular flexibility index (Phi) is 4.18. The van der Waals surface area contributed by atoms with Crippen LogP contribution in [0.25, 0.3) is 0 Å². The van der Waals surface area contributed by atoms with Gasteiger partial charge in [0.15, 0.2) is 0 Å². The normalized spacial score (nSPS) is 40.1. The van der Waals surface area contributed by atoms with Gasteiger partial charge in [0.05, 0.1) is 0 Å². The number of hydrogen-bond acceptors (Lipinski definition) is 3. The van der Waals surface area contributed by atoms with Crippen molar-refractivity contribution in [2.75, 3.05) is 19.6 Å². The van der Waals surface area contributed by atoms with Crippen LogP contribution in [0.15, 0.2) is 24.3 Å². The zero-order chi connectivity index (χ0) is 15.0. The molecule has 0 spiro atoms. The summed E-state index contributed by atoms with van der Waals surface area (Å²) in [4.78, 5) is 13.9. The molecule has 1 aliphatic carbocycles. The molecule has 3 aliphatic rings. The van der Waals surface area contributed by atoms with Crippen LogP contribution in [-0.2, 0) is 4.79 Å². The Morgan fingerprint density at radius 2 is 2.10 bits per heavy atom. The van der Waals surface area contributed by atoms with E-state index in [4.69, 9.17) is 0 Å². The zero-order valence-corrected chi connectivity index (χ0v) is 12.9. The molecule has 0 bridgehead atoms. The third kappa shape index (κ3) is 2.79.